The molecule has 0 bridgehead atoms. The Hall–Kier alpha value is -1.74. The van der Waals surface area contributed by atoms with Crippen molar-refractivity contribution in [1.29, 1.82) is 0 Å². The van der Waals surface area contributed by atoms with Gasteiger partial charge in [0.2, 0.25) is 10.0 Å². The minimum Gasteiger partial charge on any atom is -0.465 e. The molecule has 0 saturated carbocycles. The van der Waals surface area contributed by atoms with Gasteiger partial charge in [-0.1, -0.05) is 0 Å². The first kappa shape index (κ1) is 14.3. The lowest BCUT2D eigenvalue weighted by Crippen LogP contribution is -2.15. The summed E-state index contributed by atoms with van der Waals surface area (Å²) in [6, 6.07) is 2.65. The summed E-state index contributed by atoms with van der Waals surface area (Å²) < 4.78 is 54.7. The molecule has 1 aromatic carbocycles. The fraction of sp³-hybridized carbons (Fsp3) is 0.222. The Labute approximate surface area is 101 Å². The topological polar surface area (TPSA) is 95.7 Å². The third-order valence-electron chi connectivity index (χ3n) is 1.90. The van der Waals surface area contributed by atoms with Gasteiger partial charge in [0.1, 0.15) is 11.3 Å². The van der Waals surface area contributed by atoms with Crippen molar-refractivity contribution in [2.45, 2.75) is 11.5 Å². The molecule has 0 unspecified atom stereocenters. The van der Waals surface area contributed by atoms with E-state index in [4.69, 9.17) is 5.14 Å². The second kappa shape index (κ2) is 5.27. The molecule has 0 spiro atoms. The minimum absolute atomic E-state index is 0.412. The van der Waals surface area contributed by atoms with Gasteiger partial charge in [0.05, 0.1) is 12.0 Å². The molecule has 100 valence electrons. The van der Waals surface area contributed by atoms with E-state index in [0.717, 1.165) is 25.3 Å². The van der Waals surface area contributed by atoms with E-state index in [9.17, 15) is 22.0 Å². The molecule has 0 aliphatic heterocycles. The lowest BCUT2D eigenvalue weighted by atomic mass is 10.2. The predicted molar refractivity (Wildman–Crippen MR) is 55.8 cm³/mol. The van der Waals surface area contributed by atoms with E-state index in [1.165, 1.54) is 0 Å². The van der Waals surface area contributed by atoms with Crippen LogP contribution in [0.3, 0.4) is 0 Å². The van der Waals surface area contributed by atoms with Crippen LogP contribution in [0.1, 0.15) is 10.4 Å². The number of benzene rings is 1. The molecule has 0 saturated heterocycles. The molecule has 0 amide bonds. The number of nitrogens with two attached hydrogens (primary N) is 1. The number of halogens is 2. The fourth-order valence-corrected chi connectivity index (χ4v) is 1.69. The van der Waals surface area contributed by atoms with Gasteiger partial charge in [-0.05, 0) is 18.2 Å². The van der Waals surface area contributed by atoms with Crippen LogP contribution in [0.15, 0.2) is 23.1 Å². The average Bonchev–Trinajstić information content (AvgIpc) is 2.26. The van der Waals surface area contributed by atoms with Crippen LogP contribution in [0.2, 0.25) is 0 Å². The maximum atomic E-state index is 12.1. The lowest BCUT2D eigenvalue weighted by Gasteiger charge is -2.10. The number of carbonyl (C=O) groups excluding carboxylic acids is 1. The Balaban J connectivity index is 3.34. The van der Waals surface area contributed by atoms with Gasteiger partial charge in [0, 0.05) is 0 Å². The average molecular weight is 281 g/mol. The summed E-state index contributed by atoms with van der Waals surface area (Å²) in [6.07, 6.45) is 0. The highest BCUT2D eigenvalue weighted by Gasteiger charge is 2.20. The summed E-state index contributed by atoms with van der Waals surface area (Å²) in [4.78, 5) is 10.9. The van der Waals surface area contributed by atoms with Crippen LogP contribution in [0.25, 0.3) is 0 Å². The zero-order valence-corrected chi connectivity index (χ0v) is 9.91. The molecule has 0 aromatic heterocycles. The van der Waals surface area contributed by atoms with E-state index < -0.39 is 38.8 Å². The summed E-state index contributed by atoms with van der Waals surface area (Å²) in [5, 5.41) is 4.85. The lowest BCUT2D eigenvalue weighted by molar-refractivity contribution is -0.0504. The largest absolute Gasteiger partial charge is 0.465 e. The Morgan fingerprint density at radius 3 is 2.44 bits per heavy atom. The van der Waals surface area contributed by atoms with Gasteiger partial charge >= 0.3 is 12.6 Å². The standard InChI is InChI=1S/C9H9F2NO5S/c1-16-8(13)6-4-5(18(12,14)15)2-3-7(6)17-9(10)11/h2-4,9H,1H3,(H2,12,14,15). The van der Waals surface area contributed by atoms with Crippen molar-refractivity contribution in [3.63, 3.8) is 0 Å². The van der Waals surface area contributed by atoms with Crippen molar-refractivity contribution in [3.8, 4) is 5.75 Å². The number of hydrogen-bond acceptors (Lipinski definition) is 5. The molecule has 0 radical (unpaired) electrons. The number of methoxy groups -OCH3 is 1. The third kappa shape index (κ3) is 3.37. The summed E-state index contributed by atoms with van der Waals surface area (Å²) in [5.74, 6) is -1.51. The molecule has 2 N–H and O–H groups in total. The maximum Gasteiger partial charge on any atom is 0.387 e. The molecular weight excluding hydrogens is 272 g/mol. The van der Waals surface area contributed by atoms with E-state index >= 15 is 0 Å². The van der Waals surface area contributed by atoms with Crippen molar-refractivity contribution in [2.75, 3.05) is 7.11 Å². The Morgan fingerprint density at radius 1 is 1.39 bits per heavy atom. The number of ether oxygens (including phenoxy) is 2. The van der Waals surface area contributed by atoms with Gasteiger partial charge in [0.25, 0.3) is 0 Å². The van der Waals surface area contributed by atoms with Gasteiger partial charge in [0.15, 0.2) is 0 Å². The van der Waals surface area contributed by atoms with Crippen LogP contribution in [-0.4, -0.2) is 28.1 Å². The summed E-state index contributed by atoms with van der Waals surface area (Å²) in [7, 11) is -3.05. The first-order chi connectivity index (χ1) is 8.25. The van der Waals surface area contributed by atoms with Gasteiger partial charge in [-0.3, -0.25) is 0 Å². The number of carbonyl (C=O) groups is 1. The van der Waals surface area contributed by atoms with Gasteiger partial charge in [-0.15, -0.1) is 0 Å². The van der Waals surface area contributed by atoms with E-state index in [-0.39, 0.29) is 0 Å². The van der Waals surface area contributed by atoms with Crippen molar-refractivity contribution in [3.05, 3.63) is 23.8 Å². The Bertz CT molecular complexity index is 558. The van der Waals surface area contributed by atoms with E-state index in [1.54, 1.807) is 0 Å². The Kier molecular flexibility index (Phi) is 4.19. The molecule has 6 nitrogen and oxygen atoms in total. The fourth-order valence-electron chi connectivity index (χ4n) is 1.15. The molecule has 1 rings (SSSR count). The quantitative estimate of drug-likeness (QED) is 0.820. The van der Waals surface area contributed by atoms with Crippen molar-refractivity contribution in [2.24, 2.45) is 5.14 Å². The Morgan fingerprint density at radius 2 is 2.00 bits per heavy atom. The SMILES string of the molecule is COC(=O)c1cc(S(N)(=O)=O)ccc1OC(F)F. The highest BCUT2D eigenvalue weighted by Crippen LogP contribution is 2.24. The number of alkyl halides is 2. The van der Waals surface area contributed by atoms with Crippen molar-refractivity contribution in [1.82, 2.24) is 0 Å². The molecule has 1 aromatic rings. The zero-order chi connectivity index (χ0) is 13.9. The third-order valence-corrected chi connectivity index (χ3v) is 2.81. The second-order valence-electron chi connectivity index (χ2n) is 3.07. The number of hydrogen-bond donors (Lipinski definition) is 1. The molecule has 0 aliphatic carbocycles. The van der Waals surface area contributed by atoms with Gasteiger partial charge < -0.3 is 9.47 Å². The highest BCUT2D eigenvalue weighted by molar-refractivity contribution is 7.89. The van der Waals surface area contributed by atoms with Crippen LogP contribution in [-0.2, 0) is 14.8 Å². The minimum atomic E-state index is -4.06. The van der Waals surface area contributed by atoms with E-state index in [2.05, 4.69) is 9.47 Å². The van der Waals surface area contributed by atoms with Crippen LogP contribution < -0.4 is 9.88 Å². The molecule has 0 atom stereocenters. The number of primary sulfonamides is 1. The normalized spacial score (nSPS) is 11.4. The molecule has 9 heteroatoms. The first-order valence-electron chi connectivity index (χ1n) is 4.45. The zero-order valence-electron chi connectivity index (χ0n) is 9.09. The molecule has 18 heavy (non-hydrogen) atoms. The van der Waals surface area contributed by atoms with Crippen LogP contribution in [0.5, 0.6) is 5.75 Å². The van der Waals surface area contributed by atoms with Crippen LogP contribution in [0, 0.1) is 0 Å². The summed E-state index contributed by atoms with van der Waals surface area (Å²) in [5.41, 5.74) is -0.454. The number of sulfonamides is 1. The van der Waals surface area contributed by atoms with Gasteiger partial charge in [-0.2, -0.15) is 8.78 Å². The number of rotatable bonds is 4. The number of esters is 1. The van der Waals surface area contributed by atoms with E-state index in [0.29, 0.717) is 0 Å². The molecular formula is C9H9F2NO5S. The van der Waals surface area contributed by atoms with Crippen LogP contribution >= 0.6 is 0 Å². The molecule has 0 heterocycles. The van der Waals surface area contributed by atoms with Crippen LogP contribution in [0.4, 0.5) is 8.78 Å². The predicted octanol–water partition coefficient (Wildman–Crippen LogP) is 0.722. The van der Waals surface area contributed by atoms with E-state index in [1.807, 2.05) is 0 Å². The maximum absolute atomic E-state index is 12.1. The molecule has 0 aliphatic rings. The monoisotopic (exact) mass is 281 g/mol. The highest BCUT2D eigenvalue weighted by atomic mass is 32.2. The summed E-state index contributed by atoms with van der Waals surface area (Å²) in [6.45, 7) is -3.16. The van der Waals surface area contributed by atoms with Crippen molar-refractivity contribution < 1.29 is 31.5 Å². The molecule has 0 fully saturated rings. The second-order valence-corrected chi connectivity index (χ2v) is 4.63. The summed E-state index contributed by atoms with van der Waals surface area (Å²) >= 11 is 0. The smallest absolute Gasteiger partial charge is 0.387 e. The first-order valence-corrected chi connectivity index (χ1v) is 6.00. The van der Waals surface area contributed by atoms with Gasteiger partial charge in [-0.25, -0.2) is 18.4 Å². The van der Waals surface area contributed by atoms with Crippen molar-refractivity contribution >= 4 is 16.0 Å².